The van der Waals surface area contributed by atoms with Crippen LogP contribution in [0.3, 0.4) is 0 Å². The summed E-state index contributed by atoms with van der Waals surface area (Å²) in [6.07, 6.45) is 0. The summed E-state index contributed by atoms with van der Waals surface area (Å²) >= 11 is 10.5. The number of nitrogens with zero attached hydrogens (tertiary/aromatic N) is 2. The van der Waals surface area contributed by atoms with Crippen LogP contribution >= 0.6 is 47.8 Å². The second-order valence-electron chi connectivity index (χ2n) is 5.22. The summed E-state index contributed by atoms with van der Waals surface area (Å²) in [5.74, 6) is 1.76. The molecule has 5 nitrogen and oxygen atoms in total. The van der Waals surface area contributed by atoms with Gasteiger partial charge in [-0.2, -0.15) is 0 Å². The van der Waals surface area contributed by atoms with Gasteiger partial charge in [-0.05, 0) is 79.0 Å². The third kappa shape index (κ3) is 3.11. The van der Waals surface area contributed by atoms with Crippen LogP contribution in [0.4, 0.5) is 0 Å². The van der Waals surface area contributed by atoms with Gasteiger partial charge in [0.15, 0.2) is 0 Å². The molecule has 3 rings (SSSR count). The van der Waals surface area contributed by atoms with Crippen LogP contribution in [0.15, 0.2) is 42.5 Å². The van der Waals surface area contributed by atoms with E-state index in [0.717, 1.165) is 8.95 Å². The fourth-order valence-corrected chi connectivity index (χ4v) is 5.42. The van der Waals surface area contributed by atoms with Crippen molar-refractivity contribution >= 4 is 58.7 Å². The topological polar surface area (TPSA) is 53.4 Å². The highest BCUT2D eigenvalue weighted by atomic mass is 79.9. The van der Waals surface area contributed by atoms with Crippen molar-refractivity contribution in [2.75, 3.05) is 14.2 Å². The minimum absolute atomic E-state index is 0.188. The fraction of sp³-hybridized carbons (Fsp3) is 0.176. The molecular formula is C17H13Br3N2O3. The molecule has 8 heteroatoms. The molecule has 3 aromatic rings. The van der Waals surface area contributed by atoms with Crippen LogP contribution < -0.4 is 15.0 Å². The molecule has 0 saturated heterocycles. The average molecular weight is 533 g/mol. The summed E-state index contributed by atoms with van der Waals surface area (Å²) < 4.78 is 14.3. The first kappa shape index (κ1) is 18.4. The van der Waals surface area contributed by atoms with Gasteiger partial charge in [-0.25, -0.2) is 4.98 Å². The lowest BCUT2D eigenvalue weighted by molar-refractivity contribution is 0.409. The summed E-state index contributed by atoms with van der Waals surface area (Å²) in [5, 5.41) is 0.477. The van der Waals surface area contributed by atoms with Gasteiger partial charge in [0.1, 0.15) is 17.3 Å². The minimum Gasteiger partial charge on any atom is -0.497 e. The van der Waals surface area contributed by atoms with Crippen LogP contribution in [0.1, 0.15) is 5.82 Å². The van der Waals surface area contributed by atoms with Crippen molar-refractivity contribution in [3.63, 3.8) is 0 Å². The minimum atomic E-state index is -0.188. The van der Waals surface area contributed by atoms with Gasteiger partial charge < -0.3 is 9.47 Å². The van der Waals surface area contributed by atoms with Crippen LogP contribution in [0.5, 0.6) is 11.5 Å². The van der Waals surface area contributed by atoms with Crippen molar-refractivity contribution < 1.29 is 9.47 Å². The summed E-state index contributed by atoms with van der Waals surface area (Å²) in [5.41, 5.74) is 1.06. The number of rotatable bonds is 3. The van der Waals surface area contributed by atoms with E-state index in [9.17, 15) is 4.79 Å². The molecule has 0 aliphatic carbocycles. The van der Waals surface area contributed by atoms with Gasteiger partial charge in [0.05, 0.1) is 39.8 Å². The van der Waals surface area contributed by atoms with Crippen molar-refractivity contribution in [3.05, 3.63) is 53.9 Å². The Balaban J connectivity index is 2.43. The number of halogens is 3. The van der Waals surface area contributed by atoms with Crippen molar-refractivity contribution in [2.24, 2.45) is 0 Å². The number of hydrogen-bond donors (Lipinski definition) is 0. The molecule has 0 atom stereocenters. The second-order valence-corrected chi connectivity index (χ2v) is 7.72. The predicted octanol–water partition coefficient (Wildman–Crippen LogP) is 5.00. The molecule has 0 unspecified atom stereocenters. The van der Waals surface area contributed by atoms with Gasteiger partial charge in [-0.15, -0.1) is 0 Å². The molecule has 0 amide bonds. The number of aromatic nitrogens is 2. The zero-order chi connectivity index (χ0) is 18.3. The van der Waals surface area contributed by atoms with E-state index >= 15 is 0 Å². The van der Waals surface area contributed by atoms with Crippen molar-refractivity contribution in [2.45, 2.75) is 6.92 Å². The first-order valence-electron chi connectivity index (χ1n) is 7.18. The molecule has 0 radical (unpaired) electrons. The summed E-state index contributed by atoms with van der Waals surface area (Å²) in [6, 6.07) is 7.09. The zero-order valence-electron chi connectivity index (χ0n) is 13.6. The number of aryl methyl sites for hydroxylation is 1. The monoisotopic (exact) mass is 530 g/mol. The first-order valence-corrected chi connectivity index (χ1v) is 9.56. The molecule has 0 fully saturated rings. The number of methoxy groups -OCH3 is 2. The molecule has 130 valence electrons. The molecule has 1 heterocycles. The van der Waals surface area contributed by atoms with E-state index in [2.05, 4.69) is 52.8 Å². The quantitative estimate of drug-likeness (QED) is 0.476. The van der Waals surface area contributed by atoms with E-state index in [1.165, 1.54) is 0 Å². The molecule has 0 bridgehead atoms. The Hall–Kier alpha value is -1.38. The number of fused-ring (bicyclic) bond motifs is 1. The van der Waals surface area contributed by atoms with E-state index in [0.29, 0.717) is 38.4 Å². The average Bonchev–Trinajstić information content (AvgIpc) is 2.57. The van der Waals surface area contributed by atoms with E-state index in [1.807, 2.05) is 6.07 Å². The molecule has 0 saturated carbocycles. The highest BCUT2D eigenvalue weighted by Crippen LogP contribution is 2.42. The van der Waals surface area contributed by atoms with Crippen LogP contribution in [-0.2, 0) is 0 Å². The molecule has 1 aromatic heterocycles. The lowest BCUT2D eigenvalue weighted by atomic mass is 10.2. The third-order valence-corrected chi connectivity index (χ3v) is 5.70. The second kappa shape index (κ2) is 7.09. The highest BCUT2D eigenvalue weighted by molar-refractivity contribution is 9.11. The largest absolute Gasteiger partial charge is 0.497 e. The Morgan fingerprint density at radius 2 is 1.76 bits per heavy atom. The van der Waals surface area contributed by atoms with Gasteiger partial charge >= 0.3 is 0 Å². The lowest BCUT2D eigenvalue weighted by Crippen LogP contribution is -2.23. The SMILES string of the molecule is COc1ccc2nc(C)n(-c3c(Br)cc(Br)c(OC)c3Br)c(=O)c2c1. The third-order valence-electron chi connectivity index (χ3n) is 3.77. The van der Waals surface area contributed by atoms with Crippen LogP contribution in [-0.4, -0.2) is 23.8 Å². The van der Waals surface area contributed by atoms with Gasteiger partial charge in [-0.1, -0.05) is 0 Å². The van der Waals surface area contributed by atoms with Gasteiger partial charge in [0, 0.05) is 4.47 Å². The summed E-state index contributed by atoms with van der Waals surface area (Å²) in [7, 11) is 3.13. The van der Waals surface area contributed by atoms with Crippen LogP contribution in [0.2, 0.25) is 0 Å². The predicted molar refractivity (Wildman–Crippen MR) is 108 cm³/mol. The van der Waals surface area contributed by atoms with Crippen molar-refractivity contribution in [1.29, 1.82) is 0 Å². The number of hydrogen-bond acceptors (Lipinski definition) is 4. The van der Waals surface area contributed by atoms with E-state index in [1.54, 1.807) is 43.9 Å². The maximum Gasteiger partial charge on any atom is 0.266 e. The fourth-order valence-electron chi connectivity index (χ4n) is 2.62. The Bertz CT molecular complexity index is 1050. The molecule has 0 aliphatic heterocycles. The molecule has 0 N–H and O–H groups in total. The van der Waals surface area contributed by atoms with Crippen LogP contribution in [0, 0.1) is 6.92 Å². The first-order chi connectivity index (χ1) is 11.9. The summed E-state index contributed by atoms with van der Waals surface area (Å²) in [4.78, 5) is 17.7. The van der Waals surface area contributed by atoms with Crippen molar-refractivity contribution in [3.8, 4) is 17.2 Å². The Labute approximate surface area is 169 Å². The highest BCUT2D eigenvalue weighted by Gasteiger charge is 2.20. The maximum absolute atomic E-state index is 13.2. The Morgan fingerprint density at radius 1 is 1.04 bits per heavy atom. The molecule has 0 aliphatic rings. The Morgan fingerprint density at radius 3 is 2.40 bits per heavy atom. The maximum atomic E-state index is 13.2. The molecule has 0 spiro atoms. The number of benzene rings is 2. The van der Waals surface area contributed by atoms with Gasteiger partial charge in [0.2, 0.25) is 0 Å². The summed E-state index contributed by atoms with van der Waals surface area (Å²) in [6.45, 7) is 1.79. The normalized spacial score (nSPS) is 11.0. The molecule has 25 heavy (non-hydrogen) atoms. The molecular weight excluding hydrogens is 520 g/mol. The standard InChI is InChI=1S/C17H13Br3N2O3/c1-8-21-13-5-4-9(24-2)6-10(13)17(23)22(8)15-11(18)7-12(19)16(25-3)14(15)20/h4-7H,1-3H3. The Kier molecular flexibility index (Phi) is 5.22. The van der Waals surface area contributed by atoms with E-state index in [-0.39, 0.29) is 5.56 Å². The van der Waals surface area contributed by atoms with Crippen molar-refractivity contribution in [1.82, 2.24) is 9.55 Å². The number of ether oxygens (including phenoxy) is 2. The van der Waals surface area contributed by atoms with E-state index < -0.39 is 0 Å². The van der Waals surface area contributed by atoms with Crippen LogP contribution in [0.25, 0.3) is 16.6 Å². The van der Waals surface area contributed by atoms with E-state index in [4.69, 9.17) is 9.47 Å². The van der Waals surface area contributed by atoms with Gasteiger partial charge in [0.25, 0.3) is 5.56 Å². The van der Waals surface area contributed by atoms with Gasteiger partial charge in [-0.3, -0.25) is 9.36 Å². The smallest absolute Gasteiger partial charge is 0.266 e. The zero-order valence-corrected chi connectivity index (χ0v) is 18.3. The lowest BCUT2D eigenvalue weighted by Gasteiger charge is -2.17. The molecule has 2 aromatic carbocycles.